The average molecular weight is 376 g/mol. The van der Waals surface area contributed by atoms with Gasteiger partial charge in [0.05, 0.1) is 19.6 Å². The Labute approximate surface area is 143 Å². The molecule has 23 heavy (non-hydrogen) atoms. The fourth-order valence-corrected chi connectivity index (χ4v) is 2.95. The molecule has 1 saturated heterocycles. The summed E-state index contributed by atoms with van der Waals surface area (Å²) in [6.45, 7) is 1.64. The standard InChI is InChI=1S/C18H18BrNO3/c19-15-7-5-13(6-8-15)17-12-20(9-10-23-17)18(22)11-14-3-1-2-4-16(14)21/h1-8,17,21H,9-12H2. The van der Waals surface area contributed by atoms with Crippen LogP contribution in [0.25, 0.3) is 0 Å². The fraction of sp³-hybridized carbons (Fsp3) is 0.278. The third kappa shape index (κ3) is 3.92. The predicted octanol–water partition coefficient (Wildman–Crippen LogP) is 3.30. The number of benzene rings is 2. The van der Waals surface area contributed by atoms with Gasteiger partial charge in [-0.2, -0.15) is 0 Å². The lowest BCUT2D eigenvalue weighted by molar-refractivity contribution is -0.138. The van der Waals surface area contributed by atoms with Crippen molar-refractivity contribution in [3.63, 3.8) is 0 Å². The molecule has 1 heterocycles. The van der Waals surface area contributed by atoms with E-state index in [1.54, 1.807) is 18.2 Å². The first-order valence-electron chi connectivity index (χ1n) is 7.55. The molecule has 0 saturated carbocycles. The number of amides is 1. The minimum Gasteiger partial charge on any atom is -0.508 e. The molecular weight excluding hydrogens is 358 g/mol. The number of rotatable bonds is 3. The fourth-order valence-electron chi connectivity index (χ4n) is 2.69. The number of phenolic OH excluding ortho intramolecular Hbond substituents is 1. The van der Waals surface area contributed by atoms with Crippen LogP contribution in [0, 0.1) is 0 Å². The molecule has 3 rings (SSSR count). The summed E-state index contributed by atoms with van der Waals surface area (Å²) < 4.78 is 6.82. The van der Waals surface area contributed by atoms with E-state index in [4.69, 9.17) is 4.74 Å². The van der Waals surface area contributed by atoms with Crippen molar-refractivity contribution in [2.45, 2.75) is 12.5 Å². The number of morpholine rings is 1. The van der Waals surface area contributed by atoms with Gasteiger partial charge in [0.1, 0.15) is 11.9 Å². The molecule has 1 unspecified atom stereocenters. The van der Waals surface area contributed by atoms with Gasteiger partial charge in [0.25, 0.3) is 0 Å². The molecule has 0 aromatic heterocycles. The number of carbonyl (C=O) groups is 1. The normalized spacial score (nSPS) is 18.0. The van der Waals surface area contributed by atoms with Gasteiger partial charge in [-0.05, 0) is 23.8 Å². The van der Waals surface area contributed by atoms with Crippen molar-refractivity contribution >= 4 is 21.8 Å². The molecule has 0 radical (unpaired) electrons. The van der Waals surface area contributed by atoms with Crippen LogP contribution in [-0.2, 0) is 16.0 Å². The van der Waals surface area contributed by atoms with Crippen molar-refractivity contribution in [3.8, 4) is 5.75 Å². The summed E-state index contributed by atoms with van der Waals surface area (Å²) in [5, 5.41) is 9.81. The number of ether oxygens (including phenoxy) is 1. The highest BCUT2D eigenvalue weighted by atomic mass is 79.9. The van der Waals surface area contributed by atoms with Gasteiger partial charge in [-0.25, -0.2) is 0 Å². The van der Waals surface area contributed by atoms with Crippen LogP contribution < -0.4 is 0 Å². The Kier molecular flexibility index (Phi) is 4.98. The first kappa shape index (κ1) is 16.0. The maximum Gasteiger partial charge on any atom is 0.227 e. The summed E-state index contributed by atoms with van der Waals surface area (Å²) in [6, 6.07) is 14.9. The van der Waals surface area contributed by atoms with Crippen LogP contribution in [0.2, 0.25) is 0 Å². The molecule has 1 N–H and O–H groups in total. The predicted molar refractivity (Wildman–Crippen MR) is 91.2 cm³/mol. The molecule has 1 atom stereocenters. The Morgan fingerprint density at radius 2 is 1.96 bits per heavy atom. The van der Waals surface area contributed by atoms with Gasteiger partial charge in [0.2, 0.25) is 5.91 Å². The van der Waals surface area contributed by atoms with Gasteiger partial charge < -0.3 is 14.7 Å². The second-order valence-electron chi connectivity index (χ2n) is 5.56. The number of carbonyl (C=O) groups excluding carboxylic acids is 1. The van der Waals surface area contributed by atoms with Gasteiger partial charge >= 0.3 is 0 Å². The number of para-hydroxylation sites is 1. The zero-order valence-corrected chi connectivity index (χ0v) is 14.2. The van der Waals surface area contributed by atoms with Crippen LogP contribution >= 0.6 is 15.9 Å². The Bertz CT molecular complexity index is 687. The van der Waals surface area contributed by atoms with Crippen molar-refractivity contribution in [2.75, 3.05) is 19.7 Å². The molecule has 0 spiro atoms. The molecule has 2 aromatic carbocycles. The number of hydrogen-bond donors (Lipinski definition) is 1. The van der Waals surface area contributed by atoms with Crippen LogP contribution in [0.4, 0.5) is 0 Å². The largest absolute Gasteiger partial charge is 0.508 e. The summed E-state index contributed by atoms with van der Waals surface area (Å²) in [7, 11) is 0. The Morgan fingerprint density at radius 3 is 2.70 bits per heavy atom. The molecule has 1 aliphatic rings. The SMILES string of the molecule is O=C(Cc1ccccc1O)N1CCOC(c2ccc(Br)cc2)C1. The molecule has 4 nitrogen and oxygen atoms in total. The highest BCUT2D eigenvalue weighted by molar-refractivity contribution is 9.10. The molecular formula is C18H18BrNO3. The van der Waals surface area contributed by atoms with Crippen molar-refractivity contribution in [2.24, 2.45) is 0 Å². The second-order valence-corrected chi connectivity index (χ2v) is 6.47. The molecule has 1 amide bonds. The van der Waals surface area contributed by atoms with E-state index in [0.717, 1.165) is 10.0 Å². The lowest BCUT2D eigenvalue weighted by Crippen LogP contribution is -2.42. The third-order valence-electron chi connectivity index (χ3n) is 3.99. The molecule has 120 valence electrons. The quantitative estimate of drug-likeness (QED) is 0.895. The Hall–Kier alpha value is -1.85. The van der Waals surface area contributed by atoms with Gasteiger partial charge in [0.15, 0.2) is 0 Å². The van der Waals surface area contributed by atoms with Gasteiger partial charge in [-0.1, -0.05) is 46.3 Å². The zero-order valence-electron chi connectivity index (χ0n) is 12.6. The molecule has 5 heteroatoms. The van der Waals surface area contributed by atoms with Crippen LogP contribution in [0.5, 0.6) is 5.75 Å². The van der Waals surface area contributed by atoms with Crippen LogP contribution in [0.1, 0.15) is 17.2 Å². The smallest absolute Gasteiger partial charge is 0.227 e. The number of phenols is 1. The van der Waals surface area contributed by atoms with E-state index in [-0.39, 0.29) is 24.2 Å². The third-order valence-corrected chi connectivity index (χ3v) is 4.52. The summed E-state index contributed by atoms with van der Waals surface area (Å²) >= 11 is 3.42. The summed E-state index contributed by atoms with van der Waals surface area (Å²) in [4.78, 5) is 14.3. The van der Waals surface area contributed by atoms with Crippen LogP contribution in [0.15, 0.2) is 53.0 Å². The summed E-state index contributed by atoms with van der Waals surface area (Å²) in [6.07, 6.45) is 0.102. The lowest BCUT2D eigenvalue weighted by atomic mass is 10.1. The summed E-state index contributed by atoms with van der Waals surface area (Å²) in [5.41, 5.74) is 1.72. The van der Waals surface area contributed by atoms with Crippen molar-refractivity contribution in [3.05, 3.63) is 64.1 Å². The molecule has 1 aliphatic heterocycles. The second kappa shape index (κ2) is 7.15. The number of aromatic hydroxyl groups is 1. The number of hydrogen-bond acceptors (Lipinski definition) is 3. The maximum atomic E-state index is 12.5. The Balaban J connectivity index is 1.67. The van der Waals surface area contributed by atoms with E-state index in [2.05, 4.69) is 15.9 Å². The number of halogens is 1. The number of nitrogens with zero attached hydrogens (tertiary/aromatic N) is 1. The van der Waals surface area contributed by atoms with Crippen molar-refractivity contribution in [1.82, 2.24) is 4.90 Å². The first-order chi connectivity index (χ1) is 11.1. The highest BCUT2D eigenvalue weighted by Crippen LogP contribution is 2.25. The van der Waals surface area contributed by atoms with Crippen molar-refractivity contribution < 1.29 is 14.6 Å². The van der Waals surface area contributed by atoms with E-state index < -0.39 is 0 Å². The van der Waals surface area contributed by atoms with E-state index in [1.807, 2.05) is 35.2 Å². The van der Waals surface area contributed by atoms with Gasteiger partial charge in [-0.15, -0.1) is 0 Å². The topological polar surface area (TPSA) is 49.8 Å². The minimum atomic E-state index is -0.106. The molecule has 0 bridgehead atoms. The molecule has 1 fully saturated rings. The zero-order chi connectivity index (χ0) is 16.2. The van der Waals surface area contributed by atoms with E-state index in [9.17, 15) is 9.90 Å². The van der Waals surface area contributed by atoms with E-state index in [0.29, 0.717) is 25.3 Å². The summed E-state index contributed by atoms with van der Waals surface area (Å²) in [5.74, 6) is 0.176. The monoisotopic (exact) mass is 375 g/mol. The van der Waals surface area contributed by atoms with Gasteiger partial charge in [-0.3, -0.25) is 4.79 Å². The van der Waals surface area contributed by atoms with E-state index in [1.165, 1.54) is 0 Å². The van der Waals surface area contributed by atoms with Crippen molar-refractivity contribution in [1.29, 1.82) is 0 Å². The van der Waals surface area contributed by atoms with Crippen LogP contribution in [0.3, 0.4) is 0 Å². The molecule has 0 aliphatic carbocycles. The van der Waals surface area contributed by atoms with Gasteiger partial charge in [0, 0.05) is 16.6 Å². The highest BCUT2D eigenvalue weighted by Gasteiger charge is 2.25. The maximum absolute atomic E-state index is 12.5. The van der Waals surface area contributed by atoms with E-state index >= 15 is 0 Å². The molecule has 2 aromatic rings. The average Bonchev–Trinajstić information content (AvgIpc) is 2.58. The first-order valence-corrected chi connectivity index (χ1v) is 8.34. The lowest BCUT2D eigenvalue weighted by Gasteiger charge is -2.33. The Morgan fingerprint density at radius 1 is 1.22 bits per heavy atom. The van der Waals surface area contributed by atoms with Crippen LogP contribution in [-0.4, -0.2) is 35.6 Å². The minimum absolute atomic E-state index is 0.0110.